The number of carbonyl (C=O) groups is 3. The van der Waals surface area contributed by atoms with Gasteiger partial charge in [0, 0.05) is 17.9 Å². The van der Waals surface area contributed by atoms with Crippen LogP contribution < -0.4 is 0 Å². The normalized spacial score (nSPS) is 46.0. The van der Waals surface area contributed by atoms with E-state index in [-0.39, 0.29) is 12.0 Å². The molecule has 4 aliphatic rings. The highest BCUT2D eigenvalue weighted by Gasteiger charge is 2.85. The van der Waals surface area contributed by atoms with Crippen molar-refractivity contribution < 1.29 is 29.0 Å². The van der Waals surface area contributed by atoms with Crippen molar-refractivity contribution in [2.75, 3.05) is 0 Å². The molecule has 1 aliphatic heterocycles. The first kappa shape index (κ1) is 19.4. The molecule has 5 atom stereocenters. The van der Waals surface area contributed by atoms with Gasteiger partial charge in [-0.3, -0.25) is 14.4 Å². The quantitative estimate of drug-likeness (QED) is 0.578. The lowest BCUT2D eigenvalue weighted by Crippen LogP contribution is -2.71. The summed E-state index contributed by atoms with van der Waals surface area (Å²) in [6.45, 7) is 10.9. The number of hydrogen-bond donors (Lipinski definition) is 1. The molecule has 0 aromatic rings. The minimum atomic E-state index is -2.01. The maximum atomic E-state index is 13.8. The van der Waals surface area contributed by atoms with E-state index in [1.165, 1.54) is 6.92 Å². The number of ketones is 1. The number of hydrogen-bond acceptors (Lipinski definition) is 6. The van der Waals surface area contributed by atoms with Crippen LogP contribution in [0.3, 0.4) is 0 Å². The van der Waals surface area contributed by atoms with Crippen molar-refractivity contribution in [2.45, 2.75) is 71.2 Å². The van der Waals surface area contributed by atoms with Gasteiger partial charge in [-0.05, 0) is 31.1 Å². The molecule has 28 heavy (non-hydrogen) atoms. The van der Waals surface area contributed by atoms with Gasteiger partial charge in [-0.25, -0.2) is 0 Å². The molecule has 1 N–H and O–H groups in total. The van der Waals surface area contributed by atoms with Crippen LogP contribution in [0.15, 0.2) is 24.3 Å². The summed E-state index contributed by atoms with van der Waals surface area (Å²) in [5.41, 5.74) is -3.83. The third-order valence-electron chi connectivity index (χ3n) is 7.66. The van der Waals surface area contributed by atoms with E-state index in [0.717, 1.165) is 12.8 Å². The van der Waals surface area contributed by atoms with Gasteiger partial charge < -0.3 is 14.6 Å². The Kier molecular flexibility index (Phi) is 3.70. The van der Waals surface area contributed by atoms with Gasteiger partial charge in [0.2, 0.25) is 5.78 Å². The van der Waals surface area contributed by atoms with E-state index in [0.29, 0.717) is 12.8 Å². The van der Waals surface area contributed by atoms with Gasteiger partial charge in [-0.15, -0.1) is 6.58 Å². The lowest BCUT2D eigenvalue weighted by molar-refractivity contribution is -0.248. The Bertz CT molecular complexity index is 840. The molecular formula is C22H28O6. The highest BCUT2D eigenvalue weighted by atomic mass is 16.7. The molecule has 6 heteroatoms. The zero-order valence-corrected chi connectivity index (χ0v) is 17.0. The summed E-state index contributed by atoms with van der Waals surface area (Å²) < 4.78 is 11.2. The van der Waals surface area contributed by atoms with Gasteiger partial charge in [0.1, 0.15) is 11.0 Å². The first-order valence-corrected chi connectivity index (χ1v) is 9.96. The largest absolute Gasteiger partial charge is 0.414 e. The second-order valence-electron chi connectivity index (χ2n) is 9.85. The molecule has 0 spiro atoms. The van der Waals surface area contributed by atoms with E-state index in [9.17, 15) is 19.5 Å². The van der Waals surface area contributed by atoms with Gasteiger partial charge in [0.25, 0.3) is 0 Å². The molecule has 3 fully saturated rings. The minimum Gasteiger partial charge on any atom is -0.414 e. The Hall–Kier alpha value is -1.95. The lowest BCUT2D eigenvalue weighted by atomic mass is 9.42. The molecule has 3 aliphatic carbocycles. The van der Waals surface area contributed by atoms with Crippen LogP contribution in [0.2, 0.25) is 0 Å². The molecular weight excluding hydrogens is 360 g/mol. The third-order valence-corrected chi connectivity index (χ3v) is 7.66. The number of aliphatic hydroxyl groups is 1. The van der Waals surface area contributed by atoms with E-state index in [2.05, 4.69) is 6.58 Å². The van der Waals surface area contributed by atoms with Crippen LogP contribution in [0.1, 0.15) is 59.8 Å². The molecule has 0 radical (unpaired) electrons. The third kappa shape index (κ3) is 1.99. The maximum absolute atomic E-state index is 13.8. The second kappa shape index (κ2) is 5.35. The van der Waals surface area contributed by atoms with E-state index >= 15 is 0 Å². The van der Waals surface area contributed by atoms with Crippen LogP contribution in [0, 0.1) is 22.2 Å². The number of esters is 2. The molecule has 0 amide bonds. The molecule has 0 aromatic carbocycles. The first-order chi connectivity index (χ1) is 12.9. The van der Waals surface area contributed by atoms with Crippen molar-refractivity contribution in [1.82, 2.24) is 0 Å². The lowest BCUT2D eigenvalue weighted by Gasteiger charge is -2.60. The first-order valence-electron chi connectivity index (χ1n) is 9.96. The zero-order valence-electron chi connectivity index (χ0n) is 17.0. The molecule has 152 valence electrons. The minimum absolute atomic E-state index is 0.127. The number of fused-ring (bicyclic) bond motifs is 1. The monoisotopic (exact) mass is 388 g/mol. The summed E-state index contributed by atoms with van der Waals surface area (Å²) in [4.78, 5) is 39.1. The van der Waals surface area contributed by atoms with Crippen molar-refractivity contribution in [3.8, 4) is 0 Å². The van der Waals surface area contributed by atoms with Crippen LogP contribution in [-0.2, 0) is 23.9 Å². The molecule has 2 bridgehead atoms. The van der Waals surface area contributed by atoms with Crippen LogP contribution in [0.5, 0.6) is 0 Å². The van der Waals surface area contributed by atoms with Crippen molar-refractivity contribution in [2.24, 2.45) is 22.2 Å². The Morgan fingerprint density at radius 1 is 1.25 bits per heavy atom. The smallest absolute Gasteiger partial charge is 0.325 e. The van der Waals surface area contributed by atoms with Gasteiger partial charge in [0.05, 0.1) is 5.92 Å². The van der Waals surface area contributed by atoms with E-state index in [1.54, 1.807) is 12.2 Å². The topological polar surface area (TPSA) is 89.9 Å². The number of carbonyl (C=O) groups excluding carboxylic acids is 3. The summed E-state index contributed by atoms with van der Waals surface area (Å²) >= 11 is 0. The van der Waals surface area contributed by atoms with E-state index in [4.69, 9.17) is 9.47 Å². The number of Topliss-reactive ketones (excluding diaryl/α,β-unsaturated/α-hetero) is 1. The SMILES string of the molecule is C=C[C@]1(C)C=C2C(=O)[C@]3(OC(C)=O)OC(=O)[C@@]4(CCCC(C)(C)[C@H]34)[C@@]2(O)CC1. The molecule has 6 nitrogen and oxygen atoms in total. The molecule has 1 saturated heterocycles. The van der Waals surface area contributed by atoms with E-state index in [1.807, 2.05) is 20.8 Å². The molecule has 2 saturated carbocycles. The average Bonchev–Trinajstić information content (AvgIpc) is 2.85. The van der Waals surface area contributed by atoms with Crippen molar-refractivity contribution in [3.63, 3.8) is 0 Å². The highest BCUT2D eigenvalue weighted by molar-refractivity contribution is 6.11. The fourth-order valence-electron chi connectivity index (χ4n) is 6.43. The van der Waals surface area contributed by atoms with Crippen molar-refractivity contribution in [3.05, 3.63) is 24.3 Å². The number of ether oxygens (including phenoxy) is 2. The van der Waals surface area contributed by atoms with Crippen LogP contribution in [0.4, 0.5) is 0 Å². The second-order valence-corrected chi connectivity index (χ2v) is 9.85. The van der Waals surface area contributed by atoms with Gasteiger partial charge in [-0.2, -0.15) is 0 Å². The van der Waals surface area contributed by atoms with Crippen LogP contribution in [-0.4, -0.2) is 34.2 Å². The van der Waals surface area contributed by atoms with Crippen LogP contribution >= 0.6 is 0 Å². The van der Waals surface area contributed by atoms with E-state index < -0.39 is 51.3 Å². The van der Waals surface area contributed by atoms with Gasteiger partial charge in [0.15, 0.2) is 0 Å². The predicted octanol–water partition coefficient (Wildman–Crippen LogP) is 2.84. The zero-order chi connectivity index (χ0) is 20.8. The molecule has 1 heterocycles. The predicted molar refractivity (Wildman–Crippen MR) is 99.7 cm³/mol. The summed E-state index contributed by atoms with van der Waals surface area (Å²) in [6.07, 6.45) is 6.12. The van der Waals surface area contributed by atoms with Crippen molar-refractivity contribution >= 4 is 17.7 Å². The molecule has 0 aromatic heterocycles. The fourth-order valence-corrected chi connectivity index (χ4v) is 6.43. The summed E-state index contributed by atoms with van der Waals surface area (Å²) in [5.74, 6) is -4.68. The fraction of sp³-hybridized carbons (Fsp3) is 0.682. The molecule has 4 rings (SSSR count). The van der Waals surface area contributed by atoms with Crippen molar-refractivity contribution in [1.29, 1.82) is 0 Å². The highest BCUT2D eigenvalue weighted by Crippen LogP contribution is 2.72. The summed E-state index contributed by atoms with van der Waals surface area (Å²) in [7, 11) is 0. The van der Waals surface area contributed by atoms with Crippen LogP contribution in [0.25, 0.3) is 0 Å². The molecule has 0 unspecified atom stereocenters. The van der Waals surface area contributed by atoms with Gasteiger partial charge >= 0.3 is 17.7 Å². The Labute approximate surface area is 165 Å². The Morgan fingerprint density at radius 3 is 2.54 bits per heavy atom. The Balaban J connectivity index is 2.05. The van der Waals surface area contributed by atoms with Gasteiger partial charge in [-0.1, -0.05) is 39.3 Å². The standard InChI is InChI=1S/C22H28O6/c1-6-19(5)10-11-21(26)14(12-19)15(24)22(27-13(2)23)16-18(3,4)8-7-9-20(16,21)17(25)28-22/h6,12,16,26H,1,7-11H2,2-5H3/t16-,19-,20-,21+,22-/m0/s1. The summed E-state index contributed by atoms with van der Waals surface area (Å²) in [6, 6.07) is 0. The number of allylic oxidation sites excluding steroid dienone is 2. The Morgan fingerprint density at radius 2 is 1.93 bits per heavy atom. The average molecular weight is 388 g/mol. The number of rotatable bonds is 2. The summed E-state index contributed by atoms with van der Waals surface area (Å²) in [5, 5.41) is 11.9. The maximum Gasteiger partial charge on any atom is 0.325 e.